The third-order valence-corrected chi connectivity index (χ3v) is 6.40. The molecule has 6 nitrogen and oxygen atoms in total. The van der Waals surface area contributed by atoms with Crippen molar-refractivity contribution in [1.82, 2.24) is 25.1 Å². The van der Waals surface area contributed by atoms with E-state index in [9.17, 15) is 0 Å². The van der Waals surface area contributed by atoms with Crippen LogP contribution < -0.4 is 10.6 Å². The fourth-order valence-corrected chi connectivity index (χ4v) is 5.14. The maximum Gasteiger partial charge on any atom is 0.191 e. The monoisotopic (exact) mass is 544 g/mol. The molecule has 1 aliphatic rings. The molecule has 3 rings (SSSR count). The van der Waals surface area contributed by atoms with Gasteiger partial charge >= 0.3 is 0 Å². The van der Waals surface area contributed by atoms with Crippen molar-refractivity contribution < 1.29 is 0 Å². The first-order valence-corrected chi connectivity index (χ1v) is 11.7. The number of aliphatic imine (C=N–C) groups is 1. The first kappa shape index (κ1) is 25.1. The van der Waals surface area contributed by atoms with E-state index in [4.69, 9.17) is 4.99 Å². The zero-order valence-electron chi connectivity index (χ0n) is 18.7. The number of thiophene rings is 1. The highest BCUT2D eigenvalue weighted by Gasteiger charge is 2.31. The summed E-state index contributed by atoms with van der Waals surface area (Å²) in [5.74, 6) is 3.07. The fourth-order valence-electron chi connectivity index (χ4n) is 4.15. The maximum atomic E-state index is 4.82. The maximum absolute atomic E-state index is 4.82. The van der Waals surface area contributed by atoms with Gasteiger partial charge in [-0.2, -0.15) is 0 Å². The second-order valence-electron chi connectivity index (χ2n) is 8.31. The van der Waals surface area contributed by atoms with E-state index in [1.807, 2.05) is 17.5 Å². The Balaban J connectivity index is 0.00000320. The van der Waals surface area contributed by atoms with Crippen LogP contribution in [0.2, 0.25) is 0 Å². The lowest BCUT2D eigenvalue weighted by Crippen LogP contribution is -2.44. The van der Waals surface area contributed by atoms with Crippen LogP contribution in [-0.2, 0) is 13.1 Å². The van der Waals surface area contributed by atoms with Gasteiger partial charge in [-0.1, -0.05) is 19.9 Å². The van der Waals surface area contributed by atoms with Crippen molar-refractivity contribution in [1.29, 1.82) is 0 Å². The van der Waals surface area contributed by atoms with Crippen LogP contribution in [0.4, 0.5) is 0 Å². The first-order chi connectivity index (χ1) is 14.1. The number of nitrogens with zero attached hydrogens (tertiary/aromatic N) is 4. The summed E-state index contributed by atoms with van der Waals surface area (Å²) in [6, 6.07) is 4.93. The molecule has 0 spiro atoms. The average Bonchev–Trinajstić information content (AvgIpc) is 3.36. The molecular weight excluding hydrogens is 507 g/mol. The lowest BCUT2D eigenvalue weighted by atomic mass is 9.88. The minimum Gasteiger partial charge on any atom is -0.357 e. The molecule has 2 atom stereocenters. The van der Waals surface area contributed by atoms with E-state index in [0.717, 1.165) is 31.4 Å². The van der Waals surface area contributed by atoms with Crippen LogP contribution in [-0.4, -0.2) is 47.1 Å². The highest BCUT2D eigenvalue weighted by Crippen LogP contribution is 2.36. The van der Waals surface area contributed by atoms with Crippen molar-refractivity contribution in [2.45, 2.75) is 52.7 Å². The van der Waals surface area contributed by atoms with Crippen LogP contribution in [0, 0.1) is 11.8 Å². The van der Waals surface area contributed by atoms with Gasteiger partial charge in [0.15, 0.2) is 5.96 Å². The van der Waals surface area contributed by atoms with Crippen molar-refractivity contribution in [3.8, 4) is 0 Å². The summed E-state index contributed by atoms with van der Waals surface area (Å²) in [6.07, 6.45) is 6.43. The minimum absolute atomic E-state index is 0. The van der Waals surface area contributed by atoms with Crippen molar-refractivity contribution in [3.05, 3.63) is 40.6 Å². The quantitative estimate of drug-likeness (QED) is 0.295. The van der Waals surface area contributed by atoms with Gasteiger partial charge in [-0.05, 0) is 56.6 Å². The number of aromatic nitrogens is 2. The van der Waals surface area contributed by atoms with E-state index in [1.165, 1.54) is 24.3 Å². The fraction of sp³-hybridized carbons (Fsp3) is 0.636. The van der Waals surface area contributed by atoms with Gasteiger partial charge in [0.25, 0.3) is 0 Å². The van der Waals surface area contributed by atoms with E-state index in [-0.39, 0.29) is 24.0 Å². The number of rotatable bonds is 8. The Morgan fingerprint density at radius 1 is 1.37 bits per heavy atom. The molecule has 1 saturated heterocycles. The van der Waals surface area contributed by atoms with Crippen LogP contribution in [0.5, 0.6) is 0 Å². The Hall–Kier alpha value is -1.13. The van der Waals surface area contributed by atoms with Gasteiger partial charge in [-0.25, -0.2) is 9.98 Å². The first-order valence-electron chi connectivity index (χ1n) is 10.8. The van der Waals surface area contributed by atoms with Gasteiger partial charge in [0.2, 0.25) is 0 Å². The summed E-state index contributed by atoms with van der Waals surface area (Å²) in [5, 5.41) is 9.19. The number of imidazole rings is 1. The molecular formula is C22H37IN6S. The summed E-state index contributed by atoms with van der Waals surface area (Å²) in [4.78, 5) is 13.3. The van der Waals surface area contributed by atoms with Crippen molar-refractivity contribution in [2.75, 3.05) is 26.7 Å². The average molecular weight is 545 g/mol. The highest BCUT2D eigenvalue weighted by atomic mass is 127. The molecule has 3 heterocycles. The van der Waals surface area contributed by atoms with Gasteiger partial charge in [-0.3, -0.25) is 4.90 Å². The van der Waals surface area contributed by atoms with Gasteiger partial charge in [0.1, 0.15) is 12.4 Å². The zero-order valence-corrected chi connectivity index (χ0v) is 21.8. The number of nitrogens with one attached hydrogen (secondary N) is 2. The molecule has 168 valence electrons. The molecule has 0 saturated carbocycles. The second kappa shape index (κ2) is 12.7. The van der Waals surface area contributed by atoms with Crippen LogP contribution in [0.15, 0.2) is 34.9 Å². The number of halogens is 1. The van der Waals surface area contributed by atoms with E-state index in [1.54, 1.807) is 0 Å². The van der Waals surface area contributed by atoms with Crippen LogP contribution in [0.1, 0.15) is 50.4 Å². The zero-order chi connectivity index (χ0) is 20.6. The summed E-state index contributed by atoms with van der Waals surface area (Å²) < 4.78 is 2.21. The molecule has 0 aliphatic carbocycles. The predicted octanol–water partition coefficient (Wildman–Crippen LogP) is 4.36. The van der Waals surface area contributed by atoms with Crippen LogP contribution in [0.3, 0.4) is 0 Å². The van der Waals surface area contributed by atoms with Crippen LogP contribution >= 0.6 is 35.3 Å². The van der Waals surface area contributed by atoms with Gasteiger partial charge < -0.3 is 15.2 Å². The molecule has 0 radical (unpaired) electrons. The van der Waals surface area contributed by atoms with E-state index >= 15 is 0 Å². The molecule has 0 bridgehead atoms. The van der Waals surface area contributed by atoms with Crippen LogP contribution in [0.25, 0.3) is 0 Å². The summed E-state index contributed by atoms with van der Waals surface area (Å²) in [6.45, 7) is 11.1. The van der Waals surface area contributed by atoms with E-state index in [2.05, 4.69) is 76.6 Å². The largest absolute Gasteiger partial charge is 0.357 e. The smallest absolute Gasteiger partial charge is 0.191 e. The van der Waals surface area contributed by atoms with E-state index < -0.39 is 0 Å². The lowest BCUT2D eigenvalue weighted by Gasteiger charge is -2.39. The molecule has 2 aromatic rings. The van der Waals surface area contributed by atoms with Gasteiger partial charge in [0.05, 0.1) is 0 Å². The Morgan fingerprint density at radius 2 is 2.20 bits per heavy atom. The molecule has 0 amide bonds. The second-order valence-corrected chi connectivity index (χ2v) is 9.29. The third kappa shape index (κ3) is 6.95. The van der Waals surface area contributed by atoms with Crippen molar-refractivity contribution >= 4 is 41.3 Å². The number of piperidine rings is 1. The molecule has 8 heteroatoms. The summed E-state index contributed by atoms with van der Waals surface area (Å²) in [5.41, 5.74) is 0. The van der Waals surface area contributed by atoms with Crippen molar-refractivity contribution in [3.63, 3.8) is 0 Å². The Bertz CT molecular complexity index is 758. The minimum atomic E-state index is 0. The van der Waals surface area contributed by atoms with Gasteiger partial charge in [0, 0.05) is 42.9 Å². The van der Waals surface area contributed by atoms with Gasteiger partial charge in [-0.15, -0.1) is 35.3 Å². The number of likely N-dealkylation sites (tertiary alicyclic amines) is 1. The summed E-state index contributed by atoms with van der Waals surface area (Å²) >= 11 is 1.87. The van der Waals surface area contributed by atoms with E-state index in [0.29, 0.717) is 24.4 Å². The highest BCUT2D eigenvalue weighted by molar-refractivity contribution is 14.0. The third-order valence-electron chi connectivity index (χ3n) is 5.46. The molecule has 1 aliphatic heterocycles. The molecule has 2 unspecified atom stereocenters. The number of hydrogen-bond acceptors (Lipinski definition) is 4. The SMILES string of the molecule is CCNC(=NCc1nccn1CC(C)C)NCC1CCCN(C)C1c1cccs1.I. The Morgan fingerprint density at radius 3 is 2.90 bits per heavy atom. The Labute approximate surface area is 202 Å². The number of hydrogen-bond donors (Lipinski definition) is 2. The normalized spacial score (nSPS) is 20.2. The standard InChI is InChI=1S/C22H36N6S.HI/c1-5-23-22(26-15-20-24-10-12-28(20)16-17(2)3)25-14-18-8-6-11-27(4)21(18)19-9-7-13-29-19;/h7,9-10,12-13,17-18,21H,5-6,8,11,14-16H2,1-4H3,(H2,23,25,26);1H. The predicted molar refractivity (Wildman–Crippen MR) is 138 cm³/mol. The lowest BCUT2D eigenvalue weighted by molar-refractivity contribution is 0.125. The molecule has 2 aromatic heterocycles. The molecule has 0 aromatic carbocycles. The topological polar surface area (TPSA) is 57.5 Å². The van der Waals surface area contributed by atoms with Crippen molar-refractivity contribution in [2.24, 2.45) is 16.8 Å². The number of guanidine groups is 1. The Kier molecular flexibility index (Phi) is 10.6. The molecule has 2 N–H and O–H groups in total. The molecule has 30 heavy (non-hydrogen) atoms. The summed E-state index contributed by atoms with van der Waals surface area (Å²) in [7, 11) is 2.25. The molecule has 1 fully saturated rings.